The molecule has 0 fully saturated rings. The van der Waals surface area contributed by atoms with E-state index in [-0.39, 0.29) is 88.7 Å². The van der Waals surface area contributed by atoms with Gasteiger partial charge in [-0.3, -0.25) is 0 Å². The van der Waals surface area contributed by atoms with E-state index < -0.39 is 69.5 Å². The second-order valence-electron chi connectivity index (χ2n) is 13.8. The summed E-state index contributed by atoms with van der Waals surface area (Å²) in [4.78, 5) is 12.5. The SMILES string of the molecule is Oc1c(F)cc(C2=c3ccc([nH]3)=C(c3cc(F)c(O)c(F)c3)c3ccc([nH]3)C(c3cc(F)c(O)c(F)c3)=c3ccc([nH]3)=C(c3cc(F)c(O)c(F)c3)c3ccc2[nH]3)cc1F. The molecular formula is C44H24F8N4O4. The first-order valence-corrected chi connectivity index (χ1v) is 17.7. The highest BCUT2D eigenvalue weighted by molar-refractivity contribution is 5.85. The molecule has 16 heteroatoms. The van der Waals surface area contributed by atoms with E-state index in [1.165, 1.54) is 48.5 Å². The maximum Gasteiger partial charge on any atom is 0.187 e. The lowest BCUT2D eigenvalue weighted by Crippen LogP contribution is -2.19. The van der Waals surface area contributed by atoms with Crippen LogP contribution < -0.4 is 21.4 Å². The zero-order valence-corrected chi connectivity index (χ0v) is 30.1. The van der Waals surface area contributed by atoms with Crippen LogP contribution >= 0.6 is 0 Å². The first kappa shape index (κ1) is 37.7. The van der Waals surface area contributed by atoms with Crippen molar-refractivity contribution in [2.75, 3.05) is 0 Å². The highest BCUT2D eigenvalue weighted by atomic mass is 19.2. The van der Waals surface area contributed by atoms with E-state index >= 15 is 35.1 Å². The summed E-state index contributed by atoms with van der Waals surface area (Å²) in [7, 11) is 0. The Bertz CT molecular complexity index is 2850. The molecule has 0 aliphatic carbocycles. The third kappa shape index (κ3) is 6.16. The van der Waals surface area contributed by atoms with Crippen molar-refractivity contribution >= 4 is 22.3 Å². The summed E-state index contributed by atoms with van der Waals surface area (Å²) in [5, 5.41) is 40.4. The van der Waals surface area contributed by atoms with Gasteiger partial charge in [0.05, 0.1) is 0 Å². The van der Waals surface area contributed by atoms with E-state index in [0.717, 1.165) is 48.5 Å². The van der Waals surface area contributed by atoms with Gasteiger partial charge in [-0.05, 0) is 119 Å². The molecule has 300 valence electrons. The fourth-order valence-corrected chi connectivity index (χ4v) is 7.41. The van der Waals surface area contributed by atoms with Crippen molar-refractivity contribution in [1.29, 1.82) is 0 Å². The number of aromatic amines is 4. The summed E-state index contributed by atoms with van der Waals surface area (Å²) in [6.07, 6.45) is 0. The average molecular weight is 825 g/mol. The molecule has 0 radical (unpaired) electrons. The Labute approximate surface area is 330 Å². The topological polar surface area (TPSA) is 144 Å². The Morgan fingerprint density at radius 2 is 0.450 bits per heavy atom. The number of hydrogen-bond acceptors (Lipinski definition) is 4. The highest BCUT2D eigenvalue weighted by Crippen LogP contribution is 2.34. The maximum atomic E-state index is 15.0. The van der Waals surface area contributed by atoms with E-state index in [9.17, 15) is 20.4 Å². The van der Waals surface area contributed by atoms with E-state index in [4.69, 9.17) is 0 Å². The van der Waals surface area contributed by atoms with Crippen LogP contribution in [0.1, 0.15) is 45.0 Å². The average Bonchev–Trinajstić information content (AvgIpc) is 4.05. The van der Waals surface area contributed by atoms with Gasteiger partial charge in [0.2, 0.25) is 0 Å². The molecule has 0 amide bonds. The van der Waals surface area contributed by atoms with E-state index in [1.54, 1.807) is 0 Å². The highest BCUT2D eigenvalue weighted by Gasteiger charge is 2.23. The zero-order valence-electron chi connectivity index (χ0n) is 30.1. The molecule has 60 heavy (non-hydrogen) atoms. The van der Waals surface area contributed by atoms with Gasteiger partial charge in [-0.1, -0.05) is 0 Å². The Morgan fingerprint density at radius 3 is 0.633 bits per heavy atom. The number of phenolic OH excluding ortho intramolecular Hbond substituents is 4. The molecule has 1 aliphatic rings. The molecule has 1 aliphatic heterocycles. The smallest absolute Gasteiger partial charge is 0.187 e. The minimum absolute atomic E-state index is 0.0774. The molecule has 0 spiro atoms. The van der Waals surface area contributed by atoms with Gasteiger partial charge in [0.25, 0.3) is 0 Å². The predicted molar refractivity (Wildman–Crippen MR) is 200 cm³/mol. The van der Waals surface area contributed by atoms with Crippen LogP contribution in [0, 0.1) is 46.5 Å². The second kappa shape index (κ2) is 13.9. The molecule has 5 heterocycles. The van der Waals surface area contributed by atoms with Gasteiger partial charge in [-0.2, -0.15) is 0 Å². The van der Waals surface area contributed by atoms with Crippen molar-refractivity contribution in [2.45, 2.75) is 0 Å². The van der Waals surface area contributed by atoms with Crippen LogP contribution in [-0.2, 0) is 0 Å². The lowest BCUT2D eigenvalue weighted by molar-refractivity contribution is 0.396. The predicted octanol–water partition coefficient (Wildman–Crippen LogP) is 6.24. The zero-order chi connectivity index (χ0) is 42.3. The summed E-state index contributed by atoms with van der Waals surface area (Å²) in [5.74, 6) is -15.5. The van der Waals surface area contributed by atoms with Crippen LogP contribution in [0.25, 0.3) is 22.3 Å². The van der Waals surface area contributed by atoms with Crippen molar-refractivity contribution in [3.05, 3.63) is 210 Å². The Kier molecular flexibility index (Phi) is 8.73. The van der Waals surface area contributed by atoms with Crippen molar-refractivity contribution in [2.24, 2.45) is 0 Å². The molecule has 0 saturated heterocycles. The van der Waals surface area contributed by atoms with Crippen molar-refractivity contribution < 1.29 is 55.5 Å². The van der Waals surface area contributed by atoms with Crippen LogP contribution in [0.3, 0.4) is 0 Å². The first-order valence-electron chi connectivity index (χ1n) is 17.7. The quantitative estimate of drug-likeness (QED) is 0.0996. The summed E-state index contributed by atoms with van der Waals surface area (Å²) >= 11 is 0. The Morgan fingerprint density at radius 1 is 0.267 bits per heavy atom. The Hall–Kier alpha value is -7.88. The molecule has 0 unspecified atom stereocenters. The molecule has 8 bridgehead atoms. The molecule has 4 aromatic heterocycles. The van der Waals surface area contributed by atoms with E-state index in [0.29, 0.717) is 0 Å². The van der Waals surface area contributed by atoms with Crippen LogP contribution in [0.15, 0.2) is 97.1 Å². The van der Waals surface area contributed by atoms with Crippen molar-refractivity contribution in [3.63, 3.8) is 0 Å². The Balaban J connectivity index is 1.47. The van der Waals surface area contributed by atoms with Crippen molar-refractivity contribution in [3.8, 4) is 23.0 Å². The molecule has 0 saturated carbocycles. The third-order valence-electron chi connectivity index (χ3n) is 10.1. The summed E-state index contributed by atoms with van der Waals surface area (Å²) in [6.45, 7) is 0. The van der Waals surface area contributed by atoms with E-state index in [1.807, 2.05) is 0 Å². The molecule has 8 nitrogen and oxygen atoms in total. The molecule has 8 N–H and O–H groups in total. The number of hydrogen-bond donors (Lipinski definition) is 8. The number of halogens is 8. The molecular weight excluding hydrogens is 800 g/mol. The molecule has 0 atom stereocenters. The number of aromatic nitrogens is 4. The van der Waals surface area contributed by atoms with Crippen molar-refractivity contribution in [1.82, 2.24) is 19.9 Å². The van der Waals surface area contributed by atoms with Gasteiger partial charge in [0, 0.05) is 66.5 Å². The standard InChI is InChI=1S/C44H24F8N4O4/c45-21-9-17(10-22(46)41(21)57)37-29-1-2-30(53-29)38(18-11-23(47)42(58)24(48)12-18)32-5-6-34(55-32)40(20-15-27(51)44(60)28(52)16-20)36-8-7-35(56-36)39(33-4-3-31(37)54-33)19-13-25(49)43(59)26(50)14-19/h1-16,53-60H. The lowest BCUT2D eigenvalue weighted by Gasteiger charge is -2.11. The van der Waals surface area contributed by atoms with Gasteiger partial charge >= 0.3 is 0 Å². The van der Waals surface area contributed by atoms with Gasteiger partial charge in [-0.25, -0.2) is 35.1 Å². The number of phenols is 4. The normalized spacial score (nSPS) is 12.8. The number of nitrogens with one attached hydrogen (secondary N) is 4. The fourth-order valence-electron chi connectivity index (χ4n) is 7.41. The second-order valence-corrected chi connectivity index (χ2v) is 13.8. The van der Waals surface area contributed by atoms with Gasteiger partial charge < -0.3 is 40.4 Å². The summed E-state index contributed by atoms with van der Waals surface area (Å²) in [6, 6.07) is 18.7. The number of aromatic hydroxyl groups is 4. The number of benzene rings is 4. The fraction of sp³-hybridized carbons (Fsp3) is 0. The van der Waals surface area contributed by atoms with E-state index in [2.05, 4.69) is 19.9 Å². The largest absolute Gasteiger partial charge is 0.503 e. The van der Waals surface area contributed by atoms with Crippen LogP contribution in [-0.4, -0.2) is 40.4 Å². The lowest BCUT2D eigenvalue weighted by atomic mass is 10.0. The molecule has 8 aromatic rings. The van der Waals surface area contributed by atoms with Crippen LogP contribution in [0.4, 0.5) is 35.1 Å². The van der Waals surface area contributed by atoms with Crippen LogP contribution in [0.2, 0.25) is 0 Å². The number of rotatable bonds is 4. The molecule has 4 aromatic carbocycles. The number of fused-ring (bicyclic) bond motifs is 8. The number of H-pyrrole nitrogens is 4. The molecule has 9 rings (SSSR count). The monoisotopic (exact) mass is 824 g/mol. The third-order valence-corrected chi connectivity index (χ3v) is 10.1. The minimum atomic E-state index is -1.31. The van der Waals surface area contributed by atoms with Crippen LogP contribution in [0.5, 0.6) is 23.0 Å². The van der Waals surface area contributed by atoms with Gasteiger partial charge in [0.1, 0.15) is 0 Å². The maximum absolute atomic E-state index is 15.0. The van der Waals surface area contributed by atoms with Gasteiger partial charge in [-0.15, -0.1) is 0 Å². The summed E-state index contributed by atoms with van der Waals surface area (Å²) in [5.41, 5.74) is 0.424. The first-order chi connectivity index (χ1) is 28.7. The minimum Gasteiger partial charge on any atom is -0.503 e. The summed E-state index contributed by atoms with van der Waals surface area (Å²) < 4.78 is 120. The van der Waals surface area contributed by atoms with Gasteiger partial charge in [0.15, 0.2) is 69.5 Å².